The van der Waals surface area contributed by atoms with Crippen LogP contribution in [0.15, 0.2) is 18.2 Å². The molecule has 18 heavy (non-hydrogen) atoms. The van der Waals surface area contributed by atoms with Gasteiger partial charge < -0.3 is 15.8 Å². The Morgan fingerprint density at radius 1 is 1.44 bits per heavy atom. The van der Waals surface area contributed by atoms with Gasteiger partial charge in [-0.1, -0.05) is 6.07 Å². The Morgan fingerprint density at radius 3 is 2.61 bits per heavy atom. The minimum Gasteiger partial charge on any atom is -0.486 e. The molecule has 0 radical (unpaired) electrons. The van der Waals surface area contributed by atoms with Crippen LogP contribution < -0.4 is 15.8 Å². The SMILES string of the molecule is CC(C)(C)Oc1ccc(CN)cc1NC(=O)CCl. The summed E-state index contributed by atoms with van der Waals surface area (Å²) >= 11 is 5.48. The van der Waals surface area contributed by atoms with Gasteiger partial charge in [0.05, 0.1) is 5.69 Å². The van der Waals surface area contributed by atoms with Crippen LogP contribution in [0.4, 0.5) is 5.69 Å². The fourth-order valence-corrected chi connectivity index (χ4v) is 1.47. The number of anilines is 1. The third-order valence-corrected chi connectivity index (χ3v) is 2.33. The maximum Gasteiger partial charge on any atom is 0.239 e. The second-order valence-electron chi connectivity index (χ2n) is 4.93. The van der Waals surface area contributed by atoms with Crippen LogP contribution in [0.5, 0.6) is 5.75 Å². The van der Waals surface area contributed by atoms with Crippen LogP contribution in [0.2, 0.25) is 0 Å². The number of nitrogens with one attached hydrogen (secondary N) is 1. The molecule has 100 valence electrons. The molecule has 0 atom stereocenters. The molecular formula is C13H19ClN2O2. The van der Waals surface area contributed by atoms with Crippen molar-refractivity contribution in [1.82, 2.24) is 0 Å². The monoisotopic (exact) mass is 270 g/mol. The second-order valence-corrected chi connectivity index (χ2v) is 5.20. The van der Waals surface area contributed by atoms with Crippen LogP contribution >= 0.6 is 11.6 Å². The molecule has 0 spiro atoms. The van der Waals surface area contributed by atoms with Gasteiger partial charge in [0.15, 0.2) is 0 Å². The first-order chi connectivity index (χ1) is 8.35. The first-order valence-electron chi connectivity index (χ1n) is 5.73. The molecule has 0 unspecified atom stereocenters. The molecule has 5 heteroatoms. The van der Waals surface area contributed by atoms with Gasteiger partial charge in [-0.2, -0.15) is 0 Å². The van der Waals surface area contributed by atoms with E-state index in [1.807, 2.05) is 26.8 Å². The van der Waals surface area contributed by atoms with E-state index in [4.69, 9.17) is 22.1 Å². The third-order valence-electron chi connectivity index (χ3n) is 2.09. The molecule has 0 aliphatic rings. The summed E-state index contributed by atoms with van der Waals surface area (Å²) in [5.74, 6) is 0.240. The van der Waals surface area contributed by atoms with Gasteiger partial charge in [0.25, 0.3) is 0 Å². The molecule has 0 bridgehead atoms. The van der Waals surface area contributed by atoms with Crippen molar-refractivity contribution in [2.45, 2.75) is 32.9 Å². The van der Waals surface area contributed by atoms with E-state index in [0.717, 1.165) is 5.56 Å². The molecule has 0 aliphatic carbocycles. The number of benzene rings is 1. The summed E-state index contributed by atoms with van der Waals surface area (Å²) in [6.45, 7) is 6.23. The highest BCUT2D eigenvalue weighted by atomic mass is 35.5. The second kappa shape index (κ2) is 6.07. The number of hydrogen-bond acceptors (Lipinski definition) is 3. The van der Waals surface area contributed by atoms with Gasteiger partial charge in [-0.3, -0.25) is 4.79 Å². The van der Waals surface area contributed by atoms with Crippen LogP contribution in [0.25, 0.3) is 0 Å². The number of ether oxygens (including phenoxy) is 1. The lowest BCUT2D eigenvalue weighted by molar-refractivity contribution is -0.113. The number of rotatable bonds is 4. The number of alkyl halides is 1. The van der Waals surface area contributed by atoms with E-state index >= 15 is 0 Å². The number of nitrogens with two attached hydrogens (primary N) is 1. The highest BCUT2D eigenvalue weighted by Gasteiger charge is 2.16. The minimum absolute atomic E-state index is 0.0954. The average Bonchev–Trinajstić information content (AvgIpc) is 2.29. The number of carbonyl (C=O) groups excluding carboxylic acids is 1. The maximum absolute atomic E-state index is 11.4. The Labute approximate surface area is 112 Å². The summed E-state index contributed by atoms with van der Waals surface area (Å²) < 4.78 is 5.78. The molecule has 1 aromatic carbocycles. The number of carbonyl (C=O) groups is 1. The van der Waals surface area contributed by atoms with Crippen molar-refractivity contribution in [3.05, 3.63) is 23.8 Å². The van der Waals surface area contributed by atoms with Crippen molar-refractivity contribution in [3.63, 3.8) is 0 Å². The molecule has 0 aromatic heterocycles. The van der Waals surface area contributed by atoms with Gasteiger partial charge in [-0.25, -0.2) is 0 Å². The predicted octanol–water partition coefficient (Wildman–Crippen LogP) is 2.50. The Bertz CT molecular complexity index is 427. The van der Waals surface area contributed by atoms with Crippen molar-refractivity contribution in [2.75, 3.05) is 11.2 Å². The van der Waals surface area contributed by atoms with Crippen LogP contribution in [0, 0.1) is 0 Å². The van der Waals surface area contributed by atoms with E-state index in [2.05, 4.69) is 5.32 Å². The highest BCUT2D eigenvalue weighted by Crippen LogP contribution is 2.29. The average molecular weight is 271 g/mol. The van der Waals surface area contributed by atoms with Gasteiger partial charge in [0.2, 0.25) is 5.91 Å². The standard InChI is InChI=1S/C13H19ClN2O2/c1-13(2,3)18-11-5-4-9(8-15)6-10(11)16-12(17)7-14/h4-6H,7-8,15H2,1-3H3,(H,16,17). The first-order valence-corrected chi connectivity index (χ1v) is 6.27. The molecule has 0 saturated carbocycles. The van der Waals surface area contributed by atoms with Gasteiger partial charge in [-0.05, 0) is 38.5 Å². The van der Waals surface area contributed by atoms with E-state index in [1.165, 1.54) is 0 Å². The molecule has 1 amide bonds. The fourth-order valence-electron chi connectivity index (χ4n) is 1.40. The molecule has 0 heterocycles. The summed E-state index contributed by atoms with van der Waals surface area (Å²) in [5.41, 5.74) is 6.75. The van der Waals surface area contributed by atoms with E-state index in [9.17, 15) is 4.79 Å². The smallest absolute Gasteiger partial charge is 0.239 e. The molecule has 0 aliphatic heterocycles. The van der Waals surface area contributed by atoms with Crippen molar-refractivity contribution in [1.29, 1.82) is 0 Å². The Hall–Kier alpha value is -1.26. The van der Waals surface area contributed by atoms with Gasteiger partial charge in [-0.15, -0.1) is 11.6 Å². The number of halogens is 1. The first kappa shape index (κ1) is 14.8. The lowest BCUT2D eigenvalue weighted by Gasteiger charge is -2.23. The molecule has 3 N–H and O–H groups in total. The molecule has 0 fully saturated rings. The zero-order valence-corrected chi connectivity index (χ0v) is 11.7. The maximum atomic E-state index is 11.4. The largest absolute Gasteiger partial charge is 0.486 e. The van der Waals surface area contributed by atoms with E-state index in [1.54, 1.807) is 12.1 Å². The molecule has 1 rings (SSSR count). The lowest BCUT2D eigenvalue weighted by Crippen LogP contribution is -2.24. The van der Waals surface area contributed by atoms with Gasteiger partial charge in [0.1, 0.15) is 17.2 Å². The number of hydrogen-bond donors (Lipinski definition) is 2. The normalized spacial score (nSPS) is 11.2. The van der Waals surface area contributed by atoms with Crippen molar-refractivity contribution in [2.24, 2.45) is 5.73 Å². The number of amides is 1. The van der Waals surface area contributed by atoms with Gasteiger partial charge >= 0.3 is 0 Å². The molecule has 0 saturated heterocycles. The minimum atomic E-state index is -0.343. The fraction of sp³-hybridized carbons (Fsp3) is 0.462. The summed E-state index contributed by atoms with van der Waals surface area (Å²) in [6, 6.07) is 5.47. The quantitative estimate of drug-likeness (QED) is 0.826. The van der Waals surface area contributed by atoms with Crippen LogP contribution in [-0.4, -0.2) is 17.4 Å². The molecular weight excluding hydrogens is 252 g/mol. The van der Waals surface area contributed by atoms with Crippen molar-refractivity contribution in [3.8, 4) is 5.75 Å². The summed E-state index contributed by atoms with van der Waals surface area (Å²) in [7, 11) is 0. The lowest BCUT2D eigenvalue weighted by atomic mass is 10.1. The van der Waals surface area contributed by atoms with Crippen LogP contribution in [0.3, 0.4) is 0 Å². The van der Waals surface area contributed by atoms with Crippen molar-refractivity contribution < 1.29 is 9.53 Å². The Morgan fingerprint density at radius 2 is 2.11 bits per heavy atom. The molecule has 1 aromatic rings. The summed E-state index contributed by atoms with van der Waals surface area (Å²) in [4.78, 5) is 11.4. The van der Waals surface area contributed by atoms with Crippen LogP contribution in [-0.2, 0) is 11.3 Å². The van der Waals surface area contributed by atoms with Crippen molar-refractivity contribution >= 4 is 23.2 Å². The summed E-state index contributed by atoms with van der Waals surface area (Å²) in [6.07, 6.45) is 0. The highest BCUT2D eigenvalue weighted by molar-refractivity contribution is 6.29. The zero-order chi connectivity index (χ0) is 13.8. The Kier molecular flexibility index (Phi) is 4.99. The third kappa shape index (κ3) is 4.55. The topological polar surface area (TPSA) is 64.3 Å². The van der Waals surface area contributed by atoms with E-state index in [-0.39, 0.29) is 17.4 Å². The van der Waals surface area contributed by atoms with Gasteiger partial charge in [0, 0.05) is 6.54 Å². The van der Waals surface area contributed by atoms with Crippen LogP contribution in [0.1, 0.15) is 26.3 Å². The zero-order valence-electron chi connectivity index (χ0n) is 10.9. The van der Waals surface area contributed by atoms with E-state index in [0.29, 0.717) is 18.0 Å². The van der Waals surface area contributed by atoms with E-state index < -0.39 is 0 Å². The predicted molar refractivity (Wildman–Crippen MR) is 74.1 cm³/mol. The summed E-state index contributed by atoms with van der Waals surface area (Å²) in [5, 5.41) is 2.71. The Balaban J connectivity index is 3.04. The molecule has 4 nitrogen and oxygen atoms in total.